The molecule has 0 aromatic carbocycles. The van der Waals surface area contributed by atoms with Crippen LogP contribution in [0.2, 0.25) is 0 Å². The van der Waals surface area contributed by atoms with Crippen LogP contribution in [0.15, 0.2) is 0 Å². The van der Waals surface area contributed by atoms with Gasteiger partial charge >= 0.3 is 12.1 Å². The van der Waals surface area contributed by atoms with Gasteiger partial charge in [-0.05, 0) is 27.7 Å². The van der Waals surface area contributed by atoms with Gasteiger partial charge in [-0.25, -0.2) is 9.59 Å². The lowest BCUT2D eigenvalue weighted by Crippen LogP contribution is -2.34. The number of carbonyl (C=O) groups is 2. The van der Waals surface area contributed by atoms with Crippen molar-refractivity contribution in [1.82, 2.24) is 14.7 Å². The number of aryl methyl sites for hydroxylation is 1. The summed E-state index contributed by atoms with van der Waals surface area (Å²) >= 11 is 0. The van der Waals surface area contributed by atoms with E-state index >= 15 is 0 Å². The van der Waals surface area contributed by atoms with Gasteiger partial charge in [0.05, 0.1) is 25.4 Å². The molecule has 0 fully saturated rings. The van der Waals surface area contributed by atoms with Gasteiger partial charge in [-0.15, -0.1) is 0 Å². The number of esters is 1. The van der Waals surface area contributed by atoms with Crippen LogP contribution in [0, 0.1) is 0 Å². The summed E-state index contributed by atoms with van der Waals surface area (Å²) in [5.41, 5.74) is 1.30. The molecule has 7 heteroatoms. The highest BCUT2D eigenvalue weighted by molar-refractivity contribution is 5.90. The highest BCUT2D eigenvalue weighted by Gasteiger charge is 2.34. The van der Waals surface area contributed by atoms with Crippen molar-refractivity contribution in [1.29, 1.82) is 0 Å². The first-order valence-electron chi connectivity index (χ1n) is 6.92. The van der Waals surface area contributed by atoms with Crippen molar-refractivity contribution in [2.24, 2.45) is 7.05 Å². The van der Waals surface area contributed by atoms with Gasteiger partial charge < -0.3 is 9.47 Å². The minimum atomic E-state index is -0.550. The minimum Gasteiger partial charge on any atom is -0.461 e. The topological polar surface area (TPSA) is 73.7 Å². The molecule has 2 rings (SSSR count). The average Bonchev–Trinajstić information content (AvgIpc) is 2.83. The minimum absolute atomic E-state index is 0.300. The number of hydrogen-bond acceptors (Lipinski definition) is 5. The largest absolute Gasteiger partial charge is 0.461 e. The summed E-state index contributed by atoms with van der Waals surface area (Å²) < 4.78 is 11.9. The fourth-order valence-electron chi connectivity index (χ4n) is 2.25. The molecule has 0 saturated heterocycles. The third-order valence-corrected chi connectivity index (χ3v) is 3.04. The molecule has 116 valence electrons. The number of carbonyl (C=O) groups excluding carboxylic acids is 2. The van der Waals surface area contributed by atoms with Crippen molar-refractivity contribution in [2.45, 2.75) is 46.4 Å². The second kappa shape index (κ2) is 5.38. The molecule has 0 aliphatic carbocycles. The fourth-order valence-corrected chi connectivity index (χ4v) is 2.25. The number of nitrogens with zero attached hydrogens (tertiary/aromatic N) is 3. The number of hydrogen-bond donors (Lipinski definition) is 0. The molecule has 0 spiro atoms. The molecule has 21 heavy (non-hydrogen) atoms. The molecule has 7 nitrogen and oxygen atoms in total. The van der Waals surface area contributed by atoms with Gasteiger partial charge in [0.15, 0.2) is 5.69 Å². The van der Waals surface area contributed by atoms with Crippen molar-refractivity contribution >= 4 is 12.1 Å². The first-order valence-corrected chi connectivity index (χ1v) is 6.92. The third kappa shape index (κ3) is 3.17. The van der Waals surface area contributed by atoms with Crippen molar-refractivity contribution < 1.29 is 19.1 Å². The van der Waals surface area contributed by atoms with E-state index in [0.717, 1.165) is 5.56 Å². The van der Waals surface area contributed by atoms with E-state index in [0.29, 0.717) is 31.1 Å². The van der Waals surface area contributed by atoms with Gasteiger partial charge in [0.25, 0.3) is 0 Å². The van der Waals surface area contributed by atoms with Crippen LogP contribution < -0.4 is 0 Å². The van der Waals surface area contributed by atoms with Crippen LogP contribution in [0.5, 0.6) is 0 Å². The average molecular weight is 295 g/mol. The molecule has 1 aliphatic heterocycles. The van der Waals surface area contributed by atoms with Gasteiger partial charge in [0.1, 0.15) is 5.60 Å². The fraction of sp³-hybridized carbons (Fsp3) is 0.643. The van der Waals surface area contributed by atoms with E-state index in [1.807, 2.05) is 20.8 Å². The standard InChI is InChI=1S/C14H21N3O4/c1-6-20-12(18)11-9-7-17(8-10(9)15-16(11)5)13(19)21-14(2,3)4/h6-8H2,1-5H3. The Bertz CT molecular complexity index is 572. The van der Waals surface area contributed by atoms with E-state index in [-0.39, 0.29) is 0 Å². The van der Waals surface area contributed by atoms with Crippen LogP contribution in [-0.4, -0.2) is 39.0 Å². The van der Waals surface area contributed by atoms with Crippen LogP contribution in [0.3, 0.4) is 0 Å². The number of fused-ring (bicyclic) bond motifs is 1. The Labute approximate surface area is 123 Å². The first-order chi connectivity index (χ1) is 9.73. The second-order valence-corrected chi connectivity index (χ2v) is 5.95. The smallest absolute Gasteiger partial charge is 0.410 e. The zero-order valence-electron chi connectivity index (χ0n) is 13.1. The molecule has 1 amide bonds. The molecule has 0 bridgehead atoms. The normalized spacial score (nSPS) is 14.0. The Morgan fingerprint density at radius 3 is 2.52 bits per heavy atom. The van der Waals surface area contributed by atoms with E-state index in [1.54, 1.807) is 14.0 Å². The lowest BCUT2D eigenvalue weighted by Gasteiger charge is -2.24. The Hall–Kier alpha value is -2.05. The van der Waals surface area contributed by atoms with Gasteiger partial charge in [-0.2, -0.15) is 5.10 Å². The maximum atomic E-state index is 12.1. The van der Waals surface area contributed by atoms with Crippen LogP contribution in [0.25, 0.3) is 0 Å². The van der Waals surface area contributed by atoms with Gasteiger partial charge in [-0.1, -0.05) is 0 Å². The number of amides is 1. The predicted molar refractivity (Wildman–Crippen MR) is 74.6 cm³/mol. The predicted octanol–water partition coefficient (Wildman–Crippen LogP) is 1.85. The maximum Gasteiger partial charge on any atom is 0.410 e. The van der Waals surface area contributed by atoms with E-state index in [2.05, 4.69) is 5.10 Å². The zero-order chi connectivity index (χ0) is 15.8. The number of aromatic nitrogens is 2. The monoisotopic (exact) mass is 295 g/mol. The quantitative estimate of drug-likeness (QED) is 0.778. The summed E-state index contributed by atoms with van der Waals surface area (Å²) in [5, 5.41) is 4.29. The van der Waals surface area contributed by atoms with E-state index in [4.69, 9.17) is 9.47 Å². The van der Waals surface area contributed by atoms with Crippen LogP contribution >= 0.6 is 0 Å². The third-order valence-electron chi connectivity index (χ3n) is 3.04. The van der Waals surface area contributed by atoms with E-state index < -0.39 is 17.7 Å². The first kappa shape index (κ1) is 15.3. The van der Waals surface area contributed by atoms with Crippen LogP contribution in [0.1, 0.15) is 49.4 Å². The Kier molecular flexibility index (Phi) is 3.93. The molecule has 0 unspecified atom stereocenters. The summed E-state index contributed by atoms with van der Waals surface area (Å²) in [4.78, 5) is 25.6. The molecular weight excluding hydrogens is 274 g/mol. The Balaban J connectivity index is 2.17. The lowest BCUT2D eigenvalue weighted by molar-refractivity contribution is 0.0236. The van der Waals surface area contributed by atoms with Crippen LogP contribution in [-0.2, 0) is 29.6 Å². The van der Waals surface area contributed by atoms with Crippen LogP contribution in [0.4, 0.5) is 4.79 Å². The number of ether oxygens (including phenoxy) is 2. The van der Waals surface area contributed by atoms with Gasteiger partial charge in [0.2, 0.25) is 0 Å². The molecular formula is C14H21N3O4. The molecule has 0 N–H and O–H groups in total. The van der Waals surface area contributed by atoms with Crippen molar-refractivity contribution in [3.05, 3.63) is 17.0 Å². The molecule has 1 aromatic rings. The maximum absolute atomic E-state index is 12.1. The van der Waals surface area contributed by atoms with E-state index in [1.165, 1.54) is 9.58 Å². The number of rotatable bonds is 2. The summed E-state index contributed by atoms with van der Waals surface area (Å²) in [6, 6.07) is 0. The Morgan fingerprint density at radius 1 is 1.29 bits per heavy atom. The molecule has 0 radical (unpaired) electrons. The molecule has 0 saturated carbocycles. The molecule has 0 atom stereocenters. The highest BCUT2D eigenvalue weighted by Crippen LogP contribution is 2.27. The van der Waals surface area contributed by atoms with Gasteiger partial charge in [0, 0.05) is 12.6 Å². The Morgan fingerprint density at radius 2 is 1.95 bits per heavy atom. The summed E-state index contributed by atoms with van der Waals surface area (Å²) in [5.74, 6) is -0.417. The zero-order valence-corrected chi connectivity index (χ0v) is 13.1. The highest BCUT2D eigenvalue weighted by atomic mass is 16.6. The summed E-state index contributed by atoms with van der Waals surface area (Å²) in [6.07, 6.45) is -0.405. The molecule has 2 heterocycles. The second-order valence-electron chi connectivity index (χ2n) is 5.95. The van der Waals surface area contributed by atoms with Crippen molar-refractivity contribution in [3.63, 3.8) is 0 Å². The summed E-state index contributed by atoms with van der Waals surface area (Å²) in [6.45, 7) is 8.16. The lowest BCUT2D eigenvalue weighted by atomic mass is 10.2. The summed E-state index contributed by atoms with van der Waals surface area (Å²) in [7, 11) is 1.70. The van der Waals surface area contributed by atoms with E-state index in [9.17, 15) is 9.59 Å². The molecule has 1 aromatic heterocycles. The SMILES string of the molecule is CCOC(=O)c1c2c(nn1C)CN(C(=O)OC(C)(C)C)C2. The molecule has 1 aliphatic rings. The van der Waals surface area contributed by atoms with Crippen molar-refractivity contribution in [3.8, 4) is 0 Å². The van der Waals surface area contributed by atoms with Gasteiger partial charge in [-0.3, -0.25) is 9.58 Å². The van der Waals surface area contributed by atoms with Crippen molar-refractivity contribution in [2.75, 3.05) is 6.61 Å².